The number of nitrogens with zero attached hydrogens (tertiary/aromatic N) is 5. The highest BCUT2D eigenvalue weighted by molar-refractivity contribution is 6.28. The number of aromatic nitrogens is 3. The molecule has 0 saturated carbocycles. The second-order valence-electron chi connectivity index (χ2n) is 4.36. The summed E-state index contributed by atoms with van der Waals surface area (Å²) in [6, 6.07) is 0. The van der Waals surface area contributed by atoms with Gasteiger partial charge in [0.05, 0.1) is 0 Å². The number of halogens is 1. The van der Waals surface area contributed by atoms with Gasteiger partial charge in [-0.3, -0.25) is 0 Å². The van der Waals surface area contributed by atoms with Crippen molar-refractivity contribution in [2.75, 3.05) is 36.0 Å². The van der Waals surface area contributed by atoms with Crippen molar-refractivity contribution >= 4 is 23.5 Å². The van der Waals surface area contributed by atoms with Crippen LogP contribution in [0.15, 0.2) is 0 Å². The number of anilines is 2. The molecular weight excluding hydrogens is 262 g/mol. The van der Waals surface area contributed by atoms with Crippen molar-refractivity contribution in [3.8, 4) is 0 Å². The van der Waals surface area contributed by atoms with Crippen molar-refractivity contribution in [1.29, 1.82) is 0 Å². The van der Waals surface area contributed by atoms with E-state index in [0.717, 1.165) is 39.0 Å². The van der Waals surface area contributed by atoms with Gasteiger partial charge in [0, 0.05) is 26.2 Å². The zero-order chi connectivity index (χ0) is 14.3. The van der Waals surface area contributed by atoms with Crippen molar-refractivity contribution < 1.29 is 0 Å². The van der Waals surface area contributed by atoms with Crippen LogP contribution in [0.3, 0.4) is 0 Å². The van der Waals surface area contributed by atoms with Crippen molar-refractivity contribution in [2.45, 2.75) is 40.5 Å². The summed E-state index contributed by atoms with van der Waals surface area (Å²) in [5, 5.41) is 0.268. The van der Waals surface area contributed by atoms with Gasteiger partial charge in [-0.25, -0.2) is 0 Å². The Morgan fingerprint density at radius 3 is 1.68 bits per heavy atom. The maximum atomic E-state index is 6.04. The molecule has 1 rings (SSSR count). The fourth-order valence-electron chi connectivity index (χ4n) is 1.97. The van der Waals surface area contributed by atoms with E-state index in [1.807, 2.05) is 0 Å². The van der Waals surface area contributed by atoms with Gasteiger partial charge < -0.3 is 9.80 Å². The molecule has 0 N–H and O–H groups in total. The molecule has 0 aromatic carbocycles. The van der Waals surface area contributed by atoms with E-state index >= 15 is 0 Å². The van der Waals surface area contributed by atoms with Gasteiger partial charge in [0.1, 0.15) is 0 Å². The quantitative estimate of drug-likeness (QED) is 0.735. The molecule has 5 nitrogen and oxygen atoms in total. The average molecular weight is 286 g/mol. The van der Waals surface area contributed by atoms with Crippen LogP contribution >= 0.6 is 11.6 Å². The Kier molecular flexibility index (Phi) is 6.84. The van der Waals surface area contributed by atoms with E-state index in [9.17, 15) is 0 Å². The number of hydrogen-bond acceptors (Lipinski definition) is 5. The molecule has 0 aliphatic carbocycles. The van der Waals surface area contributed by atoms with Gasteiger partial charge in [0.2, 0.25) is 17.2 Å². The first-order valence-electron chi connectivity index (χ1n) is 7.07. The Morgan fingerprint density at radius 2 is 1.26 bits per heavy atom. The van der Waals surface area contributed by atoms with E-state index in [4.69, 9.17) is 11.6 Å². The van der Waals surface area contributed by atoms with Crippen molar-refractivity contribution in [3.63, 3.8) is 0 Å². The third-order valence-electron chi connectivity index (χ3n) is 2.90. The molecule has 0 radical (unpaired) electrons. The van der Waals surface area contributed by atoms with Crippen molar-refractivity contribution in [2.24, 2.45) is 0 Å². The Labute approximate surface area is 121 Å². The highest BCUT2D eigenvalue weighted by atomic mass is 35.5. The lowest BCUT2D eigenvalue weighted by Crippen LogP contribution is -2.30. The molecule has 0 amide bonds. The van der Waals surface area contributed by atoms with E-state index in [2.05, 4.69) is 52.4 Å². The van der Waals surface area contributed by atoms with E-state index in [1.54, 1.807) is 0 Å². The lowest BCUT2D eigenvalue weighted by molar-refractivity contribution is 0.711. The van der Waals surface area contributed by atoms with Gasteiger partial charge in [-0.05, 0) is 38.3 Å². The van der Waals surface area contributed by atoms with Crippen LogP contribution in [0.25, 0.3) is 0 Å². The molecule has 108 valence electrons. The second-order valence-corrected chi connectivity index (χ2v) is 4.70. The second kappa shape index (κ2) is 8.15. The third-order valence-corrected chi connectivity index (χ3v) is 3.07. The van der Waals surface area contributed by atoms with Crippen LogP contribution in [-0.2, 0) is 0 Å². The van der Waals surface area contributed by atoms with Gasteiger partial charge in [-0.15, -0.1) is 0 Å². The van der Waals surface area contributed by atoms with Crippen LogP contribution < -0.4 is 9.80 Å². The molecular formula is C13H24ClN5. The summed E-state index contributed by atoms with van der Waals surface area (Å²) in [5.74, 6) is 1.35. The normalized spacial score (nSPS) is 10.6. The summed E-state index contributed by atoms with van der Waals surface area (Å²) < 4.78 is 0. The first kappa shape index (κ1) is 16.0. The fraction of sp³-hybridized carbons (Fsp3) is 0.769. The largest absolute Gasteiger partial charge is 0.341 e. The number of rotatable bonds is 8. The summed E-state index contributed by atoms with van der Waals surface area (Å²) in [7, 11) is 0. The van der Waals surface area contributed by atoms with E-state index in [-0.39, 0.29) is 5.28 Å². The lowest BCUT2D eigenvalue weighted by atomic mass is 10.4. The molecule has 1 heterocycles. The molecule has 0 saturated heterocycles. The van der Waals surface area contributed by atoms with Gasteiger partial charge in [-0.1, -0.05) is 13.8 Å². The predicted molar refractivity (Wildman–Crippen MR) is 81.2 cm³/mol. The van der Waals surface area contributed by atoms with Gasteiger partial charge >= 0.3 is 0 Å². The Morgan fingerprint density at radius 1 is 0.789 bits per heavy atom. The maximum Gasteiger partial charge on any atom is 0.231 e. The molecule has 0 aliphatic rings. The van der Waals surface area contributed by atoms with Crippen LogP contribution in [0, 0.1) is 0 Å². The van der Waals surface area contributed by atoms with Crippen LogP contribution in [0.2, 0.25) is 5.28 Å². The van der Waals surface area contributed by atoms with Crippen molar-refractivity contribution in [1.82, 2.24) is 15.0 Å². The van der Waals surface area contributed by atoms with Gasteiger partial charge in [-0.2, -0.15) is 15.0 Å². The van der Waals surface area contributed by atoms with E-state index < -0.39 is 0 Å². The maximum absolute atomic E-state index is 6.04. The van der Waals surface area contributed by atoms with Gasteiger partial charge in [0.25, 0.3) is 0 Å². The first-order valence-corrected chi connectivity index (χ1v) is 7.45. The minimum Gasteiger partial charge on any atom is -0.341 e. The minimum absolute atomic E-state index is 0.268. The van der Waals surface area contributed by atoms with E-state index in [1.165, 1.54) is 0 Å². The van der Waals surface area contributed by atoms with Crippen LogP contribution in [-0.4, -0.2) is 41.1 Å². The summed E-state index contributed by atoms with van der Waals surface area (Å²) in [6.07, 6.45) is 2.12. The summed E-state index contributed by atoms with van der Waals surface area (Å²) >= 11 is 6.04. The Balaban J connectivity index is 3.05. The molecule has 0 spiro atoms. The molecule has 0 aliphatic heterocycles. The molecule has 0 atom stereocenters. The topological polar surface area (TPSA) is 45.2 Å². The molecule has 0 bridgehead atoms. The first-order chi connectivity index (χ1) is 9.15. The average Bonchev–Trinajstić information content (AvgIpc) is 2.39. The van der Waals surface area contributed by atoms with Gasteiger partial charge in [0.15, 0.2) is 0 Å². The van der Waals surface area contributed by atoms with Crippen LogP contribution in [0.5, 0.6) is 0 Å². The van der Waals surface area contributed by atoms with Crippen LogP contribution in [0.4, 0.5) is 11.9 Å². The lowest BCUT2D eigenvalue weighted by Gasteiger charge is -2.24. The highest BCUT2D eigenvalue weighted by Crippen LogP contribution is 2.17. The predicted octanol–water partition coefficient (Wildman–Crippen LogP) is 3.00. The van der Waals surface area contributed by atoms with E-state index in [0.29, 0.717) is 11.9 Å². The van der Waals surface area contributed by atoms with Crippen molar-refractivity contribution in [3.05, 3.63) is 5.28 Å². The molecule has 19 heavy (non-hydrogen) atoms. The zero-order valence-electron chi connectivity index (χ0n) is 12.4. The number of hydrogen-bond donors (Lipinski definition) is 0. The van der Waals surface area contributed by atoms with Crippen LogP contribution in [0.1, 0.15) is 40.5 Å². The highest BCUT2D eigenvalue weighted by Gasteiger charge is 2.14. The smallest absolute Gasteiger partial charge is 0.231 e. The third kappa shape index (κ3) is 4.49. The summed E-state index contributed by atoms with van der Waals surface area (Å²) in [4.78, 5) is 17.3. The molecule has 1 aromatic heterocycles. The molecule has 1 aromatic rings. The molecule has 0 unspecified atom stereocenters. The monoisotopic (exact) mass is 285 g/mol. The zero-order valence-corrected chi connectivity index (χ0v) is 13.1. The standard InChI is InChI=1S/C13H24ClN5/c1-5-9-19(10-6-2)13-16-11(14)15-12(17-13)18(7-3)8-4/h5-10H2,1-4H3. The summed E-state index contributed by atoms with van der Waals surface area (Å²) in [5.41, 5.74) is 0. The Hall–Kier alpha value is -1.10. The minimum atomic E-state index is 0.268. The Bertz CT molecular complexity index is 375. The fourth-order valence-corrected chi connectivity index (χ4v) is 2.12. The summed E-state index contributed by atoms with van der Waals surface area (Å²) in [6.45, 7) is 12.0. The molecule has 6 heteroatoms. The molecule has 0 fully saturated rings. The SMILES string of the molecule is CCCN(CCC)c1nc(Cl)nc(N(CC)CC)n1.